The maximum atomic E-state index is 12.6. The Labute approximate surface area is 120 Å². The van der Waals surface area contributed by atoms with Gasteiger partial charge in [0, 0.05) is 27.1 Å². The molecule has 0 amide bonds. The van der Waals surface area contributed by atoms with Gasteiger partial charge in [-0.15, -0.1) is 0 Å². The zero-order valence-electron chi connectivity index (χ0n) is 11.1. The van der Waals surface area contributed by atoms with Crippen LogP contribution >= 0.6 is 0 Å². The average Bonchev–Trinajstić information content (AvgIpc) is 3.22. The molecule has 5 nitrogen and oxygen atoms in total. The van der Waals surface area contributed by atoms with Gasteiger partial charge in [-0.05, 0) is 30.2 Å². The SMILES string of the molecule is O=c1oc(=O)c2c(C3=CC3)c3c(=O)c4ccc4c(=O)c3cc12. The van der Waals surface area contributed by atoms with E-state index in [1.165, 1.54) is 6.07 Å². The fourth-order valence-electron chi connectivity index (χ4n) is 3.16. The maximum absolute atomic E-state index is 12.6. The van der Waals surface area contributed by atoms with Gasteiger partial charge in [-0.3, -0.25) is 9.59 Å². The molecule has 0 saturated carbocycles. The molecular weight excluding hydrogens is 284 g/mol. The molecule has 0 spiro atoms. The first-order chi connectivity index (χ1) is 10.6. The van der Waals surface area contributed by atoms with Gasteiger partial charge in [-0.25, -0.2) is 9.59 Å². The molecule has 0 radical (unpaired) electrons. The molecule has 1 aliphatic rings. The minimum atomic E-state index is -0.769. The van der Waals surface area contributed by atoms with Crippen molar-refractivity contribution in [2.45, 2.75) is 6.42 Å². The van der Waals surface area contributed by atoms with E-state index in [-0.39, 0.29) is 32.4 Å². The van der Waals surface area contributed by atoms with Crippen LogP contribution in [0.3, 0.4) is 0 Å². The highest BCUT2D eigenvalue weighted by Crippen LogP contribution is 2.38. The summed E-state index contributed by atoms with van der Waals surface area (Å²) in [7, 11) is 0. The Hall–Kier alpha value is -3.08. The van der Waals surface area contributed by atoms with Gasteiger partial charge in [0.05, 0.1) is 10.8 Å². The second-order valence-corrected chi connectivity index (χ2v) is 5.53. The Bertz CT molecular complexity index is 1360. The minimum Gasteiger partial charge on any atom is -0.386 e. The van der Waals surface area contributed by atoms with Crippen LogP contribution in [0.4, 0.5) is 0 Å². The van der Waals surface area contributed by atoms with E-state index in [4.69, 9.17) is 0 Å². The predicted molar refractivity (Wildman–Crippen MR) is 82.5 cm³/mol. The van der Waals surface area contributed by atoms with E-state index >= 15 is 0 Å². The van der Waals surface area contributed by atoms with Crippen LogP contribution in [0.25, 0.3) is 37.9 Å². The van der Waals surface area contributed by atoms with E-state index < -0.39 is 11.3 Å². The van der Waals surface area contributed by atoms with Gasteiger partial charge in [0.2, 0.25) is 0 Å². The smallest absolute Gasteiger partial charge is 0.347 e. The summed E-state index contributed by atoms with van der Waals surface area (Å²) in [5.41, 5.74) is -0.888. The summed E-state index contributed by atoms with van der Waals surface area (Å²) in [6.45, 7) is 0. The van der Waals surface area contributed by atoms with Crippen LogP contribution in [-0.2, 0) is 0 Å². The Morgan fingerprint density at radius 2 is 1.45 bits per heavy atom. The highest BCUT2D eigenvalue weighted by molar-refractivity contribution is 6.14. The van der Waals surface area contributed by atoms with Crippen LogP contribution in [0.1, 0.15) is 12.0 Å². The Morgan fingerprint density at radius 3 is 2.09 bits per heavy atom. The van der Waals surface area contributed by atoms with Gasteiger partial charge in [-0.2, -0.15) is 0 Å². The third-order valence-electron chi connectivity index (χ3n) is 4.33. The molecule has 22 heavy (non-hydrogen) atoms. The number of furan rings is 1. The van der Waals surface area contributed by atoms with E-state index in [9.17, 15) is 19.2 Å². The van der Waals surface area contributed by atoms with Gasteiger partial charge in [0.15, 0.2) is 10.9 Å². The summed E-state index contributed by atoms with van der Waals surface area (Å²) in [5, 5.41) is 1.33. The van der Waals surface area contributed by atoms with Crippen molar-refractivity contribution in [3.63, 3.8) is 0 Å². The first kappa shape index (κ1) is 11.6. The lowest BCUT2D eigenvalue weighted by atomic mass is 9.92. The van der Waals surface area contributed by atoms with Crippen LogP contribution in [0.5, 0.6) is 0 Å². The second kappa shape index (κ2) is 3.39. The van der Waals surface area contributed by atoms with Crippen molar-refractivity contribution in [1.29, 1.82) is 0 Å². The molecule has 104 valence electrons. The third kappa shape index (κ3) is 1.16. The molecule has 1 aliphatic carbocycles. The van der Waals surface area contributed by atoms with Crippen molar-refractivity contribution < 1.29 is 4.42 Å². The van der Waals surface area contributed by atoms with Crippen LogP contribution in [-0.4, -0.2) is 0 Å². The van der Waals surface area contributed by atoms with Crippen molar-refractivity contribution in [1.82, 2.24) is 0 Å². The Kier molecular flexibility index (Phi) is 1.78. The zero-order valence-corrected chi connectivity index (χ0v) is 11.1. The number of allylic oxidation sites excluding steroid dienone is 2. The summed E-state index contributed by atoms with van der Waals surface area (Å²) >= 11 is 0. The van der Waals surface area contributed by atoms with Crippen LogP contribution in [0.2, 0.25) is 0 Å². The lowest BCUT2D eigenvalue weighted by molar-refractivity contribution is 0.500. The average molecular weight is 290 g/mol. The number of fused-ring (bicyclic) bond motifs is 3. The van der Waals surface area contributed by atoms with Gasteiger partial charge >= 0.3 is 11.3 Å². The highest BCUT2D eigenvalue weighted by Gasteiger charge is 2.26. The van der Waals surface area contributed by atoms with Crippen molar-refractivity contribution >= 4 is 37.9 Å². The monoisotopic (exact) mass is 290 g/mol. The lowest BCUT2D eigenvalue weighted by Gasteiger charge is -2.07. The predicted octanol–water partition coefficient (Wildman–Crippen LogP) is 1.28. The third-order valence-corrected chi connectivity index (χ3v) is 4.33. The van der Waals surface area contributed by atoms with Gasteiger partial charge in [-0.1, -0.05) is 6.08 Å². The number of benzene rings is 2. The van der Waals surface area contributed by atoms with E-state index in [1.807, 2.05) is 6.08 Å². The molecule has 0 fully saturated rings. The van der Waals surface area contributed by atoms with Crippen molar-refractivity contribution in [2.24, 2.45) is 0 Å². The largest absolute Gasteiger partial charge is 0.386 e. The molecule has 4 aromatic rings. The molecule has 0 atom stereocenters. The number of rotatable bonds is 1. The Balaban J connectivity index is 2.26. The highest BCUT2D eigenvalue weighted by atomic mass is 16.4. The second-order valence-electron chi connectivity index (χ2n) is 5.53. The van der Waals surface area contributed by atoms with E-state index in [0.717, 1.165) is 5.57 Å². The van der Waals surface area contributed by atoms with Crippen molar-refractivity contribution in [3.8, 4) is 0 Å². The first-order valence-electron chi connectivity index (χ1n) is 6.76. The molecule has 5 heteroatoms. The van der Waals surface area contributed by atoms with Gasteiger partial charge in [0.25, 0.3) is 0 Å². The van der Waals surface area contributed by atoms with Crippen LogP contribution in [0, 0.1) is 0 Å². The summed E-state index contributed by atoms with van der Waals surface area (Å²) in [5.74, 6) is 0. The fourth-order valence-corrected chi connectivity index (χ4v) is 3.16. The van der Waals surface area contributed by atoms with Crippen molar-refractivity contribution in [2.75, 3.05) is 0 Å². The molecule has 0 aliphatic heterocycles. The summed E-state index contributed by atoms with van der Waals surface area (Å²) in [6.07, 6.45) is 2.48. The van der Waals surface area contributed by atoms with E-state index in [2.05, 4.69) is 4.42 Å². The van der Waals surface area contributed by atoms with Crippen LogP contribution < -0.4 is 22.1 Å². The van der Waals surface area contributed by atoms with E-state index in [0.29, 0.717) is 22.8 Å². The van der Waals surface area contributed by atoms with Gasteiger partial charge < -0.3 is 4.42 Å². The topological polar surface area (TPSA) is 81.4 Å². The standard InChI is InChI=1S/C17H6O5/c18-14-7-3-4-8(7)15(19)12-9(14)5-10-13(11(12)6-1-2-6)17(21)22-16(10)20/h1,3-5H,2H2. The minimum absolute atomic E-state index is 0.0695. The Morgan fingerprint density at radius 1 is 0.773 bits per heavy atom. The number of hydrogen-bond donors (Lipinski definition) is 0. The molecule has 1 aromatic heterocycles. The fraction of sp³-hybridized carbons (Fsp3) is 0.0588. The molecule has 0 unspecified atom stereocenters. The maximum Gasteiger partial charge on any atom is 0.347 e. The van der Waals surface area contributed by atoms with E-state index in [1.54, 1.807) is 12.1 Å². The normalized spacial score (nSPS) is 14.3. The zero-order chi connectivity index (χ0) is 15.2. The number of hydrogen-bond acceptors (Lipinski definition) is 5. The first-order valence-corrected chi connectivity index (χ1v) is 6.76. The molecule has 3 aromatic carbocycles. The van der Waals surface area contributed by atoms with Gasteiger partial charge in [0.1, 0.15) is 0 Å². The van der Waals surface area contributed by atoms with Crippen LogP contribution in [0.15, 0.2) is 47.9 Å². The molecule has 0 saturated heterocycles. The molecule has 0 N–H and O–H groups in total. The molecular formula is C17H6O5. The quantitative estimate of drug-likeness (QED) is 0.527. The van der Waals surface area contributed by atoms with Crippen molar-refractivity contribution in [3.05, 3.63) is 71.1 Å². The molecule has 5 rings (SSSR count). The molecule has 1 heterocycles. The molecule has 0 bridgehead atoms. The lowest BCUT2D eigenvalue weighted by Crippen LogP contribution is -2.16. The summed E-state index contributed by atoms with van der Waals surface area (Å²) in [4.78, 5) is 48.9. The summed E-state index contributed by atoms with van der Waals surface area (Å²) < 4.78 is 4.65. The summed E-state index contributed by atoms with van der Waals surface area (Å²) in [6, 6.07) is 4.51.